The van der Waals surface area contributed by atoms with Crippen LogP contribution in [0.5, 0.6) is 0 Å². The summed E-state index contributed by atoms with van der Waals surface area (Å²) in [6.07, 6.45) is -0.273. The third kappa shape index (κ3) is 11.3. The van der Waals surface area contributed by atoms with Crippen molar-refractivity contribution in [1.82, 2.24) is 10.2 Å². The Balaban J connectivity index is 1.66. The van der Waals surface area contributed by atoms with E-state index in [1.807, 2.05) is 91.0 Å². The highest BCUT2D eigenvalue weighted by Crippen LogP contribution is 2.24. The molecule has 2 atom stereocenters. The minimum atomic E-state index is -1.49. The SMILES string of the molecule is NCCCC[C@H](N)C(=O)N(C(=O)OCc1ccccc1Cl)[C@@H](CCC(=O)OCc1ccccc1)C(=O)NC(c1ccccc1)c1ccccc1. The molecular formula is C39H43ClN4O6. The summed E-state index contributed by atoms with van der Waals surface area (Å²) in [5.74, 6) is -2.12. The van der Waals surface area contributed by atoms with E-state index in [0.717, 1.165) is 21.6 Å². The Morgan fingerprint density at radius 3 is 1.90 bits per heavy atom. The third-order valence-electron chi connectivity index (χ3n) is 8.06. The van der Waals surface area contributed by atoms with E-state index in [0.29, 0.717) is 30.0 Å². The van der Waals surface area contributed by atoms with Crippen molar-refractivity contribution in [2.24, 2.45) is 11.5 Å². The van der Waals surface area contributed by atoms with Gasteiger partial charge in [-0.2, -0.15) is 0 Å². The van der Waals surface area contributed by atoms with Gasteiger partial charge >= 0.3 is 12.1 Å². The topological polar surface area (TPSA) is 154 Å². The fraction of sp³-hybridized carbons (Fsp3) is 0.282. The highest BCUT2D eigenvalue weighted by Gasteiger charge is 2.39. The minimum Gasteiger partial charge on any atom is -0.461 e. The number of nitrogens with one attached hydrogen (secondary N) is 1. The molecule has 4 aromatic rings. The maximum atomic E-state index is 14.4. The number of benzene rings is 4. The number of imide groups is 1. The first-order chi connectivity index (χ1) is 24.3. The van der Waals surface area contributed by atoms with Gasteiger partial charge in [0.2, 0.25) is 11.8 Å². The second-order valence-electron chi connectivity index (χ2n) is 11.7. The lowest BCUT2D eigenvalue weighted by atomic mass is 9.97. The number of rotatable bonds is 17. The maximum Gasteiger partial charge on any atom is 0.417 e. The Kier molecular flexibility index (Phi) is 15.0. The van der Waals surface area contributed by atoms with Crippen LogP contribution >= 0.6 is 11.6 Å². The van der Waals surface area contributed by atoms with E-state index in [-0.39, 0.29) is 32.5 Å². The monoisotopic (exact) mass is 698 g/mol. The van der Waals surface area contributed by atoms with Gasteiger partial charge in [-0.1, -0.05) is 127 Å². The number of hydrogen-bond acceptors (Lipinski definition) is 8. The van der Waals surface area contributed by atoms with Gasteiger partial charge in [0, 0.05) is 17.0 Å². The van der Waals surface area contributed by atoms with Gasteiger partial charge < -0.3 is 26.3 Å². The molecule has 262 valence electrons. The molecule has 0 spiro atoms. The van der Waals surface area contributed by atoms with Crippen molar-refractivity contribution in [3.05, 3.63) is 143 Å². The van der Waals surface area contributed by atoms with Crippen molar-refractivity contribution in [3.63, 3.8) is 0 Å². The lowest BCUT2D eigenvalue weighted by Gasteiger charge is -2.32. The van der Waals surface area contributed by atoms with Gasteiger partial charge in [-0.15, -0.1) is 0 Å². The average Bonchev–Trinajstić information content (AvgIpc) is 3.15. The summed E-state index contributed by atoms with van der Waals surface area (Å²) in [5, 5.41) is 3.39. The van der Waals surface area contributed by atoms with Gasteiger partial charge in [0.1, 0.15) is 19.3 Å². The number of amides is 3. The van der Waals surface area contributed by atoms with Crippen molar-refractivity contribution in [2.45, 2.75) is 63.4 Å². The predicted octanol–water partition coefficient (Wildman–Crippen LogP) is 6.06. The van der Waals surface area contributed by atoms with Crippen LogP contribution in [0.3, 0.4) is 0 Å². The Hall–Kier alpha value is -5.03. The van der Waals surface area contributed by atoms with Crippen molar-refractivity contribution in [2.75, 3.05) is 6.54 Å². The molecule has 0 saturated heterocycles. The van der Waals surface area contributed by atoms with Crippen molar-refractivity contribution in [3.8, 4) is 0 Å². The zero-order valence-corrected chi connectivity index (χ0v) is 28.5. The molecule has 10 nitrogen and oxygen atoms in total. The summed E-state index contributed by atoms with van der Waals surface area (Å²) in [4.78, 5) is 56.1. The summed E-state index contributed by atoms with van der Waals surface area (Å²) in [6.45, 7) is 0.158. The molecular weight excluding hydrogens is 656 g/mol. The number of esters is 1. The fourth-order valence-corrected chi connectivity index (χ4v) is 5.53. The standard InChI is InChI=1S/C39H43ClN4O6/c40-32-21-11-10-20-31(32)27-50-39(48)44(38(47)33(42)22-12-13-25-41)34(23-24-35(45)49-26-28-14-4-1-5-15-28)37(46)43-36(29-16-6-2-7-17-29)30-18-8-3-9-19-30/h1-11,14-21,33-34,36H,12-13,22-27,41-42H2,(H,43,46)/t33-,34-/m0/s1. The van der Waals surface area contributed by atoms with E-state index >= 15 is 0 Å². The predicted molar refractivity (Wildman–Crippen MR) is 191 cm³/mol. The number of carbonyl (C=O) groups excluding carboxylic acids is 4. The van der Waals surface area contributed by atoms with E-state index in [1.165, 1.54) is 0 Å². The normalized spacial score (nSPS) is 12.1. The number of halogens is 1. The summed E-state index contributed by atoms with van der Waals surface area (Å²) in [7, 11) is 0. The summed E-state index contributed by atoms with van der Waals surface area (Å²) in [5.41, 5.74) is 14.8. The minimum absolute atomic E-state index is 0.0230. The van der Waals surface area contributed by atoms with Crippen LogP contribution in [0, 0.1) is 0 Å². The molecule has 0 aromatic heterocycles. The van der Waals surface area contributed by atoms with Gasteiger partial charge in [-0.25, -0.2) is 9.69 Å². The maximum absolute atomic E-state index is 14.4. The molecule has 3 amide bonds. The zero-order valence-electron chi connectivity index (χ0n) is 27.8. The molecule has 11 heteroatoms. The van der Waals surface area contributed by atoms with Crippen LogP contribution in [0.1, 0.15) is 60.4 Å². The van der Waals surface area contributed by atoms with Crippen LogP contribution in [0.25, 0.3) is 0 Å². The molecule has 0 saturated carbocycles. The highest BCUT2D eigenvalue weighted by atomic mass is 35.5. The summed E-state index contributed by atoms with van der Waals surface area (Å²) >= 11 is 6.30. The molecule has 0 radical (unpaired) electrons. The number of carbonyl (C=O) groups is 4. The number of nitrogens with two attached hydrogens (primary N) is 2. The smallest absolute Gasteiger partial charge is 0.417 e. The van der Waals surface area contributed by atoms with Crippen LogP contribution in [0.2, 0.25) is 5.02 Å². The molecule has 0 bridgehead atoms. The molecule has 0 aliphatic carbocycles. The van der Waals surface area contributed by atoms with E-state index in [9.17, 15) is 19.2 Å². The second kappa shape index (κ2) is 19.8. The number of nitrogens with zero attached hydrogens (tertiary/aromatic N) is 1. The molecule has 0 fully saturated rings. The van der Waals surface area contributed by atoms with Crippen LogP contribution in [0.15, 0.2) is 115 Å². The van der Waals surface area contributed by atoms with Crippen LogP contribution in [0.4, 0.5) is 4.79 Å². The first-order valence-electron chi connectivity index (χ1n) is 16.6. The van der Waals surface area contributed by atoms with Crippen LogP contribution < -0.4 is 16.8 Å². The molecule has 0 aliphatic rings. The van der Waals surface area contributed by atoms with E-state index < -0.39 is 42.0 Å². The van der Waals surface area contributed by atoms with Gasteiger partial charge in [0.25, 0.3) is 0 Å². The number of unbranched alkanes of at least 4 members (excludes halogenated alkanes) is 1. The Labute approximate surface area is 297 Å². The van der Waals surface area contributed by atoms with Crippen molar-refractivity contribution in [1.29, 1.82) is 0 Å². The van der Waals surface area contributed by atoms with E-state index in [4.69, 9.17) is 32.5 Å². The quantitative estimate of drug-likeness (QED) is 0.0889. The highest BCUT2D eigenvalue weighted by molar-refractivity contribution is 6.31. The first kappa shape index (κ1) is 37.8. The zero-order chi connectivity index (χ0) is 35.7. The second-order valence-corrected chi connectivity index (χ2v) is 12.1. The van der Waals surface area contributed by atoms with Crippen LogP contribution in [-0.4, -0.2) is 47.4 Å². The molecule has 4 aromatic carbocycles. The van der Waals surface area contributed by atoms with Gasteiger partial charge in [-0.3, -0.25) is 14.4 Å². The molecule has 0 aliphatic heterocycles. The third-order valence-corrected chi connectivity index (χ3v) is 8.43. The molecule has 0 heterocycles. The van der Waals surface area contributed by atoms with Crippen molar-refractivity contribution < 1.29 is 28.7 Å². The van der Waals surface area contributed by atoms with E-state index in [1.54, 1.807) is 24.3 Å². The molecule has 0 unspecified atom stereocenters. The number of hydrogen-bond donors (Lipinski definition) is 3. The Bertz CT molecular complexity index is 1640. The molecule has 4 rings (SSSR count). The largest absolute Gasteiger partial charge is 0.461 e. The van der Waals surface area contributed by atoms with Gasteiger partial charge in [-0.05, 0) is 48.6 Å². The molecule has 5 N–H and O–H groups in total. The van der Waals surface area contributed by atoms with Gasteiger partial charge in [0.15, 0.2) is 0 Å². The molecule has 50 heavy (non-hydrogen) atoms. The fourth-order valence-electron chi connectivity index (χ4n) is 5.34. The Morgan fingerprint density at radius 2 is 1.30 bits per heavy atom. The van der Waals surface area contributed by atoms with Crippen LogP contribution in [-0.2, 0) is 37.1 Å². The average molecular weight is 699 g/mol. The summed E-state index contributed by atoms with van der Waals surface area (Å²) < 4.78 is 11.1. The summed E-state index contributed by atoms with van der Waals surface area (Å²) in [6, 6.07) is 31.2. The van der Waals surface area contributed by atoms with Crippen molar-refractivity contribution >= 4 is 35.5 Å². The lowest BCUT2D eigenvalue weighted by molar-refractivity contribution is -0.147. The van der Waals surface area contributed by atoms with Gasteiger partial charge in [0.05, 0.1) is 12.1 Å². The lowest BCUT2D eigenvalue weighted by Crippen LogP contribution is -2.57. The Morgan fingerprint density at radius 1 is 0.720 bits per heavy atom. The van der Waals surface area contributed by atoms with E-state index in [2.05, 4.69) is 5.32 Å². The number of ether oxygens (including phenoxy) is 2. The first-order valence-corrected chi connectivity index (χ1v) is 16.9.